The van der Waals surface area contributed by atoms with Crippen LogP contribution in [0.15, 0.2) is 78.9 Å². The second-order valence-electron chi connectivity index (χ2n) is 11.5. The third-order valence-corrected chi connectivity index (χ3v) is 10.0. The second-order valence-corrected chi connectivity index (χ2v) is 13.1. The van der Waals surface area contributed by atoms with Crippen molar-refractivity contribution in [2.24, 2.45) is 5.41 Å². The largest absolute Gasteiger partial charge is 0.481 e. The first-order valence-electron chi connectivity index (χ1n) is 14.3. The molecule has 1 aromatic heterocycles. The number of nitrogens with zero attached hydrogens (tertiary/aromatic N) is 1. The van der Waals surface area contributed by atoms with Crippen molar-refractivity contribution in [1.82, 2.24) is 4.98 Å². The molecule has 1 fully saturated rings. The Hall–Kier alpha value is -3.65. The Balaban J connectivity index is 1.39. The van der Waals surface area contributed by atoms with Crippen molar-refractivity contribution in [3.8, 4) is 0 Å². The van der Waals surface area contributed by atoms with Crippen LogP contribution >= 0.6 is 23.4 Å². The van der Waals surface area contributed by atoms with E-state index in [1.165, 1.54) is 6.92 Å². The SMILES string of the molecule is C[C@@](O)(C(=O)O)c1ccccc1CC[C@@H](SCC1(CC(=O)O)CC1)c1cccc(C=Cc2ccc3ccc(Cl)cc3n2)c1. The molecule has 0 spiro atoms. The number of carbonyl (C=O) groups is 2. The van der Waals surface area contributed by atoms with Crippen molar-refractivity contribution >= 4 is 58.4 Å². The molecule has 0 amide bonds. The van der Waals surface area contributed by atoms with Crippen LogP contribution < -0.4 is 0 Å². The number of carboxylic acids is 2. The number of aliphatic hydroxyl groups is 1. The van der Waals surface area contributed by atoms with E-state index in [1.54, 1.807) is 23.9 Å². The summed E-state index contributed by atoms with van der Waals surface area (Å²) in [6, 6.07) is 25.0. The maximum atomic E-state index is 11.8. The average Bonchev–Trinajstić information content (AvgIpc) is 3.74. The molecule has 0 aliphatic heterocycles. The van der Waals surface area contributed by atoms with Crippen molar-refractivity contribution in [3.05, 3.63) is 112 Å². The summed E-state index contributed by atoms with van der Waals surface area (Å²) in [6.45, 7) is 1.30. The van der Waals surface area contributed by atoms with E-state index in [1.807, 2.05) is 66.7 Å². The highest BCUT2D eigenvalue weighted by molar-refractivity contribution is 7.99. The fourth-order valence-electron chi connectivity index (χ4n) is 5.35. The number of aryl methyl sites for hydroxylation is 1. The zero-order valence-corrected chi connectivity index (χ0v) is 25.4. The zero-order valence-electron chi connectivity index (χ0n) is 23.9. The number of thioether (sulfide) groups is 1. The van der Waals surface area contributed by atoms with Crippen molar-refractivity contribution in [2.75, 3.05) is 5.75 Å². The normalized spacial score (nSPS) is 16.2. The average molecular weight is 616 g/mol. The topological polar surface area (TPSA) is 108 Å². The molecule has 1 saturated carbocycles. The first-order valence-corrected chi connectivity index (χ1v) is 15.7. The third kappa shape index (κ3) is 7.66. The second kappa shape index (κ2) is 12.9. The Morgan fingerprint density at radius 2 is 1.79 bits per heavy atom. The van der Waals surface area contributed by atoms with Crippen LogP contribution in [-0.4, -0.2) is 38.0 Å². The molecule has 222 valence electrons. The van der Waals surface area contributed by atoms with Crippen LogP contribution in [-0.2, 0) is 21.6 Å². The number of rotatable bonds is 13. The molecule has 3 N–H and O–H groups in total. The number of hydrogen-bond acceptors (Lipinski definition) is 5. The van der Waals surface area contributed by atoms with Gasteiger partial charge in [0.05, 0.1) is 17.6 Å². The summed E-state index contributed by atoms with van der Waals surface area (Å²) in [5.74, 6) is -1.32. The fraction of sp³-hybridized carbons (Fsp3) is 0.286. The summed E-state index contributed by atoms with van der Waals surface area (Å²) < 4.78 is 0. The van der Waals surface area contributed by atoms with Gasteiger partial charge in [-0.2, -0.15) is 11.8 Å². The number of benzene rings is 3. The van der Waals surface area contributed by atoms with Gasteiger partial charge in [0.1, 0.15) is 0 Å². The number of halogens is 1. The molecule has 0 unspecified atom stereocenters. The fourth-order valence-corrected chi connectivity index (χ4v) is 7.09. The molecule has 5 rings (SSSR count). The maximum absolute atomic E-state index is 11.8. The number of pyridine rings is 1. The van der Waals surface area contributed by atoms with E-state index in [9.17, 15) is 24.9 Å². The quantitative estimate of drug-likeness (QED) is 0.140. The summed E-state index contributed by atoms with van der Waals surface area (Å²) in [5.41, 5.74) is 2.78. The van der Waals surface area contributed by atoms with Gasteiger partial charge in [0.2, 0.25) is 0 Å². The summed E-state index contributed by atoms with van der Waals surface area (Å²) in [6.07, 6.45) is 7.25. The molecule has 4 aromatic rings. The van der Waals surface area contributed by atoms with E-state index in [0.717, 1.165) is 51.9 Å². The zero-order chi connectivity index (χ0) is 30.6. The van der Waals surface area contributed by atoms with E-state index in [0.29, 0.717) is 23.4 Å². The van der Waals surface area contributed by atoms with Crippen molar-refractivity contribution < 1.29 is 24.9 Å². The van der Waals surface area contributed by atoms with Crippen LogP contribution in [0.25, 0.3) is 23.1 Å². The summed E-state index contributed by atoms with van der Waals surface area (Å²) in [4.78, 5) is 28.0. The highest BCUT2D eigenvalue weighted by Crippen LogP contribution is 2.53. The lowest BCUT2D eigenvalue weighted by Crippen LogP contribution is -2.33. The first-order chi connectivity index (χ1) is 20.5. The smallest absolute Gasteiger partial charge is 0.340 e. The van der Waals surface area contributed by atoms with E-state index in [4.69, 9.17) is 16.6 Å². The molecule has 1 heterocycles. The van der Waals surface area contributed by atoms with Gasteiger partial charge in [0.25, 0.3) is 0 Å². The molecule has 43 heavy (non-hydrogen) atoms. The molecule has 0 saturated heterocycles. The standard InChI is InChI=1S/C35H34ClNO5S/c1-34(42,33(40)41)29-8-3-2-6-24(29)12-16-31(43-22-35(17-18-35)21-32(38)39)26-7-4-5-23(19-26)9-14-28-15-11-25-10-13-27(36)20-30(25)37-28/h2-11,13-15,19-20,31,42H,12,16-18,21-22H2,1H3,(H,38,39)(H,40,41)/t31-,34+/m1/s1. The Kier molecular flexibility index (Phi) is 9.25. The highest BCUT2D eigenvalue weighted by Gasteiger charge is 2.44. The van der Waals surface area contributed by atoms with Gasteiger partial charge in [0, 0.05) is 21.4 Å². The molecule has 0 bridgehead atoms. The van der Waals surface area contributed by atoms with Gasteiger partial charge >= 0.3 is 11.9 Å². The van der Waals surface area contributed by atoms with Crippen molar-refractivity contribution in [1.29, 1.82) is 0 Å². The van der Waals surface area contributed by atoms with Gasteiger partial charge in [-0.15, -0.1) is 0 Å². The highest BCUT2D eigenvalue weighted by atomic mass is 35.5. The monoisotopic (exact) mass is 615 g/mol. The Morgan fingerprint density at radius 1 is 1.02 bits per heavy atom. The van der Waals surface area contributed by atoms with E-state index < -0.39 is 17.5 Å². The van der Waals surface area contributed by atoms with E-state index in [2.05, 4.69) is 12.1 Å². The van der Waals surface area contributed by atoms with Gasteiger partial charge < -0.3 is 15.3 Å². The molecule has 3 aromatic carbocycles. The van der Waals surface area contributed by atoms with Crippen LogP contribution in [0.2, 0.25) is 5.02 Å². The summed E-state index contributed by atoms with van der Waals surface area (Å²) >= 11 is 7.92. The molecule has 8 heteroatoms. The lowest BCUT2D eigenvalue weighted by Gasteiger charge is -2.24. The number of carboxylic acid groups (broad SMARTS) is 2. The van der Waals surface area contributed by atoms with Gasteiger partial charge in [-0.05, 0) is 84.6 Å². The van der Waals surface area contributed by atoms with E-state index in [-0.39, 0.29) is 17.1 Å². The molecule has 2 atom stereocenters. The van der Waals surface area contributed by atoms with Crippen LogP contribution in [0.3, 0.4) is 0 Å². The number of aromatic nitrogens is 1. The number of hydrogen-bond donors (Lipinski definition) is 3. The number of fused-ring (bicyclic) bond motifs is 1. The minimum absolute atomic E-state index is 0.0448. The van der Waals surface area contributed by atoms with Crippen molar-refractivity contribution in [3.63, 3.8) is 0 Å². The predicted octanol–water partition coefficient (Wildman–Crippen LogP) is 8.01. The first kappa shape index (κ1) is 30.8. The lowest BCUT2D eigenvalue weighted by atomic mass is 9.89. The number of aliphatic carboxylic acids is 2. The minimum Gasteiger partial charge on any atom is -0.481 e. The molecular formula is C35H34ClNO5S. The van der Waals surface area contributed by atoms with Gasteiger partial charge in [0.15, 0.2) is 5.60 Å². The van der Waals surface area contributed by atoms with Crippen molar-refractivity contribution in [2.45, 2.75) is 49.9 Å². The summed E-state index contributed by atoms with van der Waals surface area (Å²) in [5, 5.41) is 31.5. The molecular weight excluding hydrogens is 582 g/mol. The van der Waals surface area contributed by atoms with Crippen LogP contribution in [0.1, 0.15) is 65.8 Å². The van der Waals surface area contributed by atoms with Gasteiger partial charge in [-0.3, -0.25) is 4.79 Å². The molecule has 1 aliphatic carbocycles. The summed E-state index contributed by atoms with van der Waals surface area (Å²) in [7, 11) is 0. The Bertz CT molecular complexity index is 1680. The maximum Gasteiger partial charge on any atom is 0.340 e. The molecule has 0 radical (unpaired) electrons. The lowest BCUT2D eigenvalue weighted by molar-refractivity contribution is -0.157. The Morgan fingerprint density at radius 3 is 2.53 bits per heavy atom. The van der Waals surface area contributed by atoms with Crippen LogP contribution in [0.4, 0.5) is 0 Å². The van der Waals surface area contributed by atoms with Gasteiger partial charge in [-0.25, -0.2) is 9.78 Å². The van der Waals surface area contributed by atoms with E-state index >= 15 is 0 Å². The Labute approximate surface area is 260 Å². The predicted molar refractivity (Wildman–Crippen MR) is 173 cm³/mol. The van der Waals surface area contributed by atoms with Gasteiger partial charge in [-0.1, -0.05) is 78.3 Å². The van der Waals surface area contributed by atoms with Crippen LogP contribution in [0, 0.1) is 5.41 Å². The third-order valence-electron chi connectivity index (χ3n) is 8.11. The minimum atomic E-state index is -1.99. The van der Waals surface area contributed by atoms with Crippen LogP contribution in [0.5, 0.6) is 0 Å². The molecule has 6 nitrogen and oxygen atoms in total. The molecule has 1 aliphatic rings.